The van der Waals surface area contributed by atoms with Gasteiger partial charge in [-0.2, -0.15) is 5.26 Å². The second-order valence-corrected chi connectivity index (χ2v) is 9.14. The second-order valence-electron chi connectivity index (χ2n) is 6.73. The van der Waals surface area contributed by atoms with E-state index in [4.69, 9.17) is 4.74 Å². The highest BCUT2D eigenvalue weighted by Gasteiger charge is 2.19. The molecule has 0 saturated heterocycles. The zero-order valence-corrected chi connectivity index (χ0v) is 19.6. The summed E-state index contributed by atoms with van der Waals surface area (Å²) >= 11 is 4.49. The highest BCUT2D eigenvalue weighted by atomic mass is 127. The van der Waals surface area contributed by atoms with Gasteiger partial charge in [0.15, 0.2) is 0 Å². The molecule has 1 fully saturated rings. The molecular formula is C22H20I2N2O2. The lowest BCUT2D eigenvalue weighted by Crippen LogP contribution is -2.33. The molecule has 2 aromatic carbocycles. The third-order valence-corrected chi connectivity index (χ3v) is 6.19. The number of halogens is 2. The van der Waals surface area contributed by atoms with E-state index in [2.05, 4.69) is 62.6 Å². The molecule has 1 aliphatic rings. The Morgan fingerprint density at radius 1 is 1.18 bits per heavy atom. The van der Waals surface area contributed by atoms with Gasteiger partial charge in [0, 0.05) is 9.61 Å². The Balaban J connectivity index is 1.66. The molecule has 0 heterocycles. The van der Waals surface area contributed by atoms with Crippen LogP contribution in [-0.4, -0.2) is 11.9 Å². The number of hydrogen-bond acceptors (Lipinski definition) is 3. The maximum absolute atomic E-state index is 12.3. The monoisotopic (exact) mass is 598 g/mol. The van der Waals surface area contributed by atoms with Gasteiger partial charge in [-0.25, -0.2) is 0 Å². The van der Waals surface area contributed by atoms with Crippen LogP contribution in [-0.2, 0) is 11.4 Å². The number of nitriles is 1. The molecule has 144 valence electrons. The number of carbonyl (C=O) groups excluding carboxylic acids is 1. The molecule has 28 heavy (non-hydrogen) atoms. The third kappa shape index (κ3) is 5.95. The maximum atomic E-state index is 12.3. The summed E-state index contributed by atoms with van der Waals surface area (Å²) in [6, 6.07) is 16.1. The first-order valence-corrected chi connectivity index (χ1v) is 11.3. The average Bonchev–Trinajstić information content (AvgIpc) is 3.19. The predicted molar refractivity (Wildman–Crippen MR) is 127 cm³/mol. The molecule has 0 aromatic heterocycles. The lowest BCUT2D eigenvalue weighted by Gasteiger charge is -2.11. The fraction of sp³-hybridized carbons (Fsp3) is 0.273. The molecule has 4 nitrogen and oxygen atoms in total. The van der Waals surface area contributed by atoms with E-state index in [9.17, 15) is 10.1 Å². The van der Waals surface area contributed by atoms with Crippen molar-refractivity contribution in [3.05, 3.63) is 66.3 Å². The summed E-state index contributed by atoms with van der Waals surface area (Å²) < 4.78 is 8.04. The minimum atomic E-state index is -0.288. The van der Waals surface area contributed by atoms with Gasteiger partial charge in [-0.3, -0.25) is 4.79 Å². The van der Waals surface area contributed by atoms with Gasteiger partial charge in [0.05, 0.1) is 3.57 Å². The van der Waals surface area contributed by atoms with Crippen LogP contribution in [0.2, 0.25) is 0 Å². The molecule has 6 heteroatoms. The summed E-state index contributed by atoms with van der Waals surface area (Å²) in [4.78, 5) is 12.3. The Hall–Kier alpha value is -1.60. The van der Waals surface area contributed by atoms with Gasteiger partial charge < -0.3 is 10.1 Å². The fourth-order valence-corrected chi connectivity index (χ4v) is 4.17. The van der Waals surface area contributed by atoms with E-state index < -0.39 is 0 Å². The van der Waals surface area contributed by atoms with E-state index in [1.54, 1.807) is 6.08 Å². The van der Waals surface area contributed by atoms with Crippen molar-refractivity contribution in [3.63, 3.8) is 0 Å². The molecule has 0 spiro atoms. The molecule has 1 N–H and O–H groups in total. The van der Waals surface area contributed by atoms with Crippen molar-refractivity contribution in [3.8, 4) is 11.8 Å². The highest BCUT2D eigenvalue weighted by Crippen LogP contribution is 2.25. The normalized spacial score (nSPS) is 14.5. The molecule has 1 aliphatic carbocycles. The lowest BCUT2D eigenvalue weighted by molar-refractivity contribution is -0.117. The number of nitrogens with zero attached hydrogens (tertiary/aromatic N) is 1. The van der Waals surface area contributed by atoms with Crippen molar-refractivity contribution in [2.24, 2.45) is 0 Å². The van der Waals surface area contributed by atoms with Crippen LogP contribution < -0.4 is 10.1 Å². The topological polar surface area (TPSA) is 62.1 Å². The SMILES string of the molecule is N#C/C(=C/c1ccc(OCc2ccc(I)cc2)c(I)c1)C(=O)NC1CCCC1. The standard InChI is InChI=1S/C22H20I2N2O2/c23-18-8-5-15(6-9-18)14-28-21-10-7-16(12-20(21)24)11-17(13-25)22(27)26-19-3-1-2-4-19/h5-12,19H,1-4,14H2,(H,26,27)/b17-11-. The fourth-order valence-electron chi connectivity index (χ4n) is 3.11. The van der Waals surface area contributed by atoms with Gasteiger partial charge in [-0.05, 0) is 99.5 Å². The van der Waals surface area contributed by atoms with E-state index in [1.807, 2.05) is 36.4 Å². The second kappa shape index (κ2) is 10.3. The van der Waals surface area contributed by atoms with Crippen LogP contribution in [0.15, 0.2) is 48.0 Å². The summed E-state index contributed by atoms with van der Waals surface area (Å²) in [5.41, 5.74) is 2.05. The van der Waals surface area contributed by atoms with Crippen LogP contribution in [0.4, 0.5) is 0 Å². The van der Waals surface area contributed by atoms with E-state index >= 15 is 0 Å². The Bertz CT molecular complexity index is 911. The highest BCUT2D eigenvalue weighted by molar-refractivity contribution is 14.1. The maximum Gasteiger partial charge on any atom is 0.262 e. The van der Waals surface area contributed by atoms with Crippen molar-refractivity contribution in [1.29, 1.82) is 5.26 Å². The van der Waals surface area contributed by atoms with Crippen LogP contribution in [0.25, 0.3) is 6.08 Å². The van der Waals surface area contributed by atoms with Gasteiger partial charge in [0.1, 0.15) is 24.0 Å². The van der Waals surface area contributed by atoms with E-state index in [0.717, 1.165) is 46.1 Å². The molecule has 1 amide bonds. The Kier molecular flexibility index (Phi) is 7.73. The largest absolute Gasteiger partial charge is 0.488 e. The Labute approximate surface area is 192 Å². The Morgan fingerprint density at radius 3 is 2.54 bits per heavy atom. The molecule has 0 unspecified atom stereocenters. The first-order valence-electron chi connectivity index (χ1n) is 9.14. The molecule has 2 aromatic rings. The summed E-state index contributed by atoms with van der Waals surface area (Å²) in [6.07, 6.45) is 5.90. The molecule has 0 atom stereocenters. The summed E-state index contributed by atoms with van der Waals surface area (Å²) in [5, 5.41) is 12.3. The minimum absolute atomic E-state index is 0.134. The van der Waals surface area contributed by atoms with E-state index in [0.29, 0.717) is 6.61 Å². The van der Waals surface area contributed by atoms with E-state index in [1.165, 1.54) is 3.57 Å². The molecule has 0 aliphatic heterocycles. The van der Waals surface area contributed by atoms with Crippen molar-refractivity contribution in [1.82, 2.24) is 5.32 Å². The number of benzene rings is 2. The number of ether oxygens (including phenoxy) is 1. The van der Waals surface area contributed by atoms with Crippen LogP contribution in [0, 0.1) is 18.5 Å². The molecule has 1 saturated carbocycles. The van der Waals surface area contributed by atoms with Gasteiger partial charge in [-0.1, -0.05) is 31.0 Å². The molecule has 0 bridgehead atoms. The van der Waals surface area contributed by atoms with Crippen LogP contribution in [0.1, 0.15) is 36.8 Å². The molecule has 0 radical (unpaired) electrons. The van der Waals surface area contributed by atoms with Crippen molar-refractivity contribution in [2.45, 2.75) is 38.3 Å². The van der Waals surface area contributed by atoms with Gasteiger partial charge in [0.25, 0.3) is 5.91 Å². The molecular weight excluding hydrogens is 578 g/mol. The lowest BCUT2D eigenvalue weighted by atomic mass is 10.1. The number of carbonyl (C=O) groups is 1. The van der Waals surface area contributed by atoms with Crippen LogP contribution in [0.3, 0.4) is 0 Å². The quantitative estimate of drug-likeness (QED) is 0.274. The summed E-state index contributed by atoms with van der Waals surface area (Å²) in [5.74, 6) is 0.494. The number of nitrogens with one attached hydrogen (secondary N) is 1. The predicted octanol–water partition coefficient (Wildman–Crippen LogP) is 5.44. The number of rotatable bonds is 6. The third-order valence-electron chi connectivity index (χ3n) is 4.63. The van der Waals surface area contributed by atoms with Crippen molar-refractivity contribution < 1.29 is 9.53 Å². The van der Waals surface area contributed by atoms with Crippen molar-refractivity contribution >= 4 is 57.2 Å². The van der Waals surface area contributed by atoms with Gasteiger partial charge >= 0.3 is 0 Å². The first-order chi connectivity index (χ1) is 13.5. The summed E-state index contributed by atoms with van der Waals surface area (Å²) in [6.45, 7) is 0.495. The Morgan fingerprint density at radius 2 is 1.89 bits per heavy atom. The van der Waals surface area contributed by atoms with Gasteiger partial charge in [-0.15, -0.1) is 0 Å². The van der Waals surface area contributed by atoms with Crippen LogP contribution >= 0.6 is 45.2 Å². The summed E-state index contributed by atoms with van der Waals surface area (Å²) in [7, 11) is 0. The first kappa shape index (κ1) is 21.1. The van der Waals surface area contributed by atoms with Crippen molar-refractivity contribution in [2.75, 3.05) is 0 Å². The zero-order valence-electron chi connectivity index (χ0n) is 15.3. The number of hydrogen-bond donors (Lipinski definition) is 1. The number of amides is 1. The van der Waals surface area contributed by atoms with Crippen LogP contribution in [0.5, 0.6) is 5.75 Å². The van der Waals surface area contributed by atoms with Gasteiger partial charge in [0.2, 0.25) is 0 Å². The van der Waals surface area contributed by atoms with E-state index in [-0.39, 0.29) is 17.5 Å². The zero-order chi connectivity index (χ0) is 19.9. The average molecular weight is 598 g/mol. The molecule has 3 rings (SSSR count). The minimum Gasteiger partial charge on any atom is -0.488 e. The smallest absolute Gasteiger partial charge is 0.262 e.